The van der Waals surface area contributed by atoms with Crippen LogP contribution >= 0.6 is 7.82 Å². The first-order valence-electron chi connectivity index (χ1n) is 2.43. The fourth-order valence-electron chi connectivity index (χ4n) is 0.271. The Hall–Kier alpha value is 1.03. The number of hydrogen-bond donors (Lipinski definition) is 4. The normalized spacial score (nSPS) is 14.4. The second-order valence-corrected chi connectivity index (χ2v) is 2.91. The van der Waals surface area contributed by atoms with Crippen LogP contribution in [0.3, 0.4) is 0 Å². The van der Waals surface area contributed by atoms with Crippen molar-refractivity contribution in [3.8, 4) is 0 Å². The van der Waals surface area contributed by atoms with Crippen molar-refractivity contribution in [3.63, 3.8) is 0 Å². The summed E-state index contributed by atoms with van der Waals surface area (Å²) in [5.74, 6) is 0. The van der Waals surface area contributed by atoms with Gasteiger partial charge in [-0.25, -0.2) is 4.57 Å². The van der Waals surface area contributed by atoms with E-state index in [1.165, 1.54) is 0 Å². The molecule has 11 heavy (non-hydrogen) atoms. The quantitative estimate of drug-likeness (QED) is 0.240. The predicted octanol–water partition coefficient (Wildman–Crippen LogP) is -1.85. The van der Waals surface area contributed by atoms with Gasteiger partial charge in [0.15, 0.2) is 6.29 Å². The van der Waals surface area contributed by atoms with E-state index >= 15 is 0 Å². The Labute approximate surface area is 85.7 Å². The van der Waals surface area contributed by atoms with Gasteiger partial charge in [0.2, 0.25) is 0 Å². The van der Waals surface area contributed by atoms with Crippen molar-refractivity contribution in [1.82, 2.24) is 0 Å². The molecule has 1 unspecified atom stereocenters. The van der Waals surface area contributed by atoms with Crippen LogP contribution in [0.25, 0.3) is 0 Å². The first kappa shape index (κ1) is 14.5. The summed E-state index contributed by atoms with van der Waals surface area (Å²) in [7, 11) is -4.60. The van der Waals surface area contributed by atoms with Crippen LogP contribution in [0.15, 0.2) is 0 Å². The van der Waals surface area contributed by atoms with Crippen LogP contribution in [0.2, 0.25) is 0 Å². The van der Waals surface area contributed by atoms with Crippen molar-refractivity contribution in [2.75, 3.05) is 0 Å². The van der Waals surface area contributed by atoms with E-state index in [1.807, 2.05) is 0 Å². The molecule has 0 amide bonds. The number of aliphatic hydroxyl groups excluding tert-OH is 1. The van der Waals surface area contributed by atoms with Crippen molar-refractivity contribution in [1.29, 1.82) is 0 Å². The van der Waals surface area contributed by atoms with E-state index in [9.17, 15) is 4.57 Å². The Morgan fingerprint density at radius 1 is 1.36 bits per heavy atom. The third-order valence-corrected chi connectivity index (χ3v) is 1.33. The van der Waals surface area contributed by atoms with E-state index < -0.39 is 20.2 Å². The average molecular weight is 196 g/mol. The number of phosphoric ester groups is 1. The molecule has 0 aromatic rings. The molecule has 1 atom stereocenters. The molecule has 0 saturated carbocycles. The molecule has 0 fully saturated rings. The number of rotatable bonds is 3. The van der Waals surface area contributed by atoms with E-state index in [0.29, 0.717) is 0 Å². The van der Waals surface area contributed by atoms with Gasteiger partial charge in [-0.3, -0.25) is 4.52 Å². The molecule has 0 aliphatic carbocycles. The number of hydrogen-bond acceptors (Lipinski definition) is 4. The van der Waals surface area contributed by atoms with Crippen LogP contribution in [0.5, 0.6) is 0 Å². The Morgan fingerprint density at radius 3 is 1.82 bits per heavy atom. The van der Waals surface area contributed by atoms with Crippen molar-refractivity contribution in [3.05, 3.63) is 0 Å². The summed E-state index contributed by atoms with van der Waals surface area (Å²) in [5, 5.41) is 16.5. The zero-order valence-corrected chi connectivity index (χ0v) is 6.10. The number of phosphoric acid groups is 1. The van der Waals surface area contributed by atoms with E-state index in [0.717, 1.165) is 6.92 Å². The minimum absolute atomic E-state index is 0. The fraction of sp³-hybridized carbons (Fsp3) is 1.00. The summed E-state index contributed by atoms with van der Waals surface area (Å²) in [6, 6.07) is 0. The van der Waals surface area contributed by atoms with E-state index in [-0.39, 0.29) is 29.6 Å². The van der Waals surface area contributed by atoms with Crippen molar-refractivity contribution >= 4 is 37.4 Å². The van der Waals surface area contributed by atoms with Crippen LogP contribution in [0, 0.1) is 0 Å². The summed E-state index contributed by atoms with van der Waals surface area (Å²) >= 11 is 0. The average Bonchev–Trinajstić information content (AvgIpc) is 1.60. The molecular formula is C3H10NaO6P. The molecule has 0 saturated heterocycles. The Balaban J connectivity index is 0. The van der Waals surface area contributed by atoms with Gasteiger partial charge in [0.25, 0.3) is 0 Å². The van der Waals surface area contributed by atoms with E-state index in [2.05, 4.69) is 4.52 Å². The minimum atomic E-state index is -4.60. The molecule has 0 aliphatic rings. The van der Waals surface area contributed by atoms with Crippen LogP contribution in [0.1, 0.15) is 6.92 Å². The molecule has 0 aromatic heterocycles. The molecule has 0 radical (unpaired) electrons. The topological polar surface area (TPSA) is 107 Å². The van der Waals surface area contributed by atoms with Crippen LogP contribution in [-0.4, -0.2) is 62.0 Å². The van der Waals surface area contributed by atoms with Gasteiger partial charge in [0.05, 0.1) is 0 Å². The summed E-state index contributed by atoms with van der Waals surface area (Å²) in [4.78, 5) is 16.2. The van der Waals surface area contributed by atoms with Crippen LogP contribution in [0.4, 0.5) is 0 Å². The van der Waals surface area contributed by atoms with Crippen molar-refractivity contribution in [2.24, 2.45) is 0 Å². The van der Waals surface area contributed by atoms with Gasteiger partial charge < -0.3 is 20.0 Å². The molecule has 0 aliphatic heterocycles. The molecule has 4 N–H and O–H groups in total. The molecular weight excluding hydrogens is 186 g/mol. The first-order chi connectivity index (χ1) is 4.33. The Morgan fingerprint density at radius 2 is 1.73 bits per heavy atom. The zero-order chi connectivity index (χ0) is 8.36. The molecule has 0 rings (SSSR count). The Kier molecular flexibility index (Phi) is 7.46. The van der Waals surface area contributed by atoms with Gasteiger partial charge >= 0.3 is 37.4 Å². The van der Waals surface area contributed by atoms with Gasteiger partial charge in [-0.15, -0.1) is 0 Å². The third kappa shape index (κ3) is 8.94. The second kappa shape index (κ2) is 5.64. The van der Waals surface area contributed by atoms with E-state index in [4.69, 9.17) is 20.0 Å². The number of aliphatic hydroxyl groups is 2. The van der Waals surface area contributed by atoms with Gasteiger partial charge in [-0.05, 0) is 6.92 Å². The molecule has 0 aromatic carbocycles. The maximum absolute atomic E-state index is 10.00. The third-order valence-electron chi connectivity index (χ3n) is 0.723. The zero-order valence-electron chi connectivity index (χ0n) is 5.21. The molecule has 0 heterocycles. The molecule has 6 nitrogen and oxygen atoms in total. The first-order valence-corrected chi connectivity index (χ1v) is 3.96. The van der Waals surface area contributed by atoms with Crippen LogP contribution in [-0.2, 0) is 9.09 Å². The fourth-order valence-corrected chi connectivity index (χ4v) is 0.813. The summed E-state index contributed by atoms with van der Waals surface area (Å²) in [6.07, 6.45) is -3.17. The summed E-state index contributed by atoms with van der Waals surface area (Å²) < 4.78 is 13.9. The van der Waals surface area contributed by atoms with Crippen LogP contribution < -0.4 is 0 Å². The maximum atomic E-state index is 10.00. The van der Waals surface area contributed by atoms with Gasteiger partial charge in [0.1, 0.15) is 6.10 Å². The molecule has 0 spiro atoms. The van der Waals surface area contributed by atoms with Gasteiger partial charge in [0, 0.05) is 0 Å². The summed E-state index contributed by atoms with van der Waals surface area (Å²) in [6.45, 7) is 1.13. The standard InChI is InChI=1S/C3H9O6P.Na.H/c1-2(3(4)5)9-10(6,7)8;;/h2-5H,1H3,(H2,6,7,8);;. The van der Waals surface area contributed by atoms with Crippen molar-refractivity contribution in [2.45, 2.75) is 19.3 Å². The monoisotopic (exact) mass is 196 g/mol. The van der Waals surface area contributed by atoms with Crippen molar-refractivity contribution < 1.29 is 29.1 Å². The van der Waals surface area contributed by atoms with Gasteiger partial charge in [-0.1, -0.05) is 0 Å². The Bertz CT molecular complexity index is 143. The SMILES string of the molecule is CC(OP(=O)(O)O)C(O)O.[NaH]. The molecule has 8 heteroatoms. The van der Waals surface area contributed by atoms with Gasteiger partial charge in [-0.2, -0.15) is 0 Å². The predicted molar refractivity (Wildman–Crippen MR) is 38.0 cm³/mol. The molecule has 64 valence electrons. The molecule has 0 bridgehead atoms. The second-order valence-electron chi connectivity index (χ2n) is 1.71. The van der Waals surface area contributed by atoms with E-state index in [1.54, 1.807) is 0 Å². The summed E-state index contributed by atoms with van der Waals surface area (Å²) in [5.41, 5.74) is 0.